The molecular formula is C15H13BrF3NO. The van der Waals surface area contributed by atoms with Crippen LogP contribution in [-0.4, -0.2) is 6.54 Å². The van der Waals surface area contributed by atoms with Gasteiger partial charge >= 0.3 is 6.18 Å². The van der Waals surface area contributed by atoms with Crippen molar-refractivity contribution in [2.24, 2.45) is 5.73 Å². The molecule has 0 saturated heterocycles. The molecule has 1 atom stereocenters. The van der Waals surface area contributed by atoms with Gasteiger partial charge in [0.05, 0.1) is 5.56 Å². The maximum absolute atomic E-state index is 13.0. The van der Waals surface area contributed by atoms with E-state index in [1.165, 1.54) is 18.2 Å². The molecule has 0 amide bonds. The summed E-state index contributed by atoms with van der Waals surface area (Å²) in [6, 6.07) is 12.2. The number of benzene rings is 2. The van der Waals surface area contributed by atoms with E-state index in [0.717, 1.165) is 10.5 Å². The van der Waals surface area contributed by atoms with Gasteiger partial charge in [0.15, 0.2) is 0 Å². The van der Waals surface area contributed by atoms with Gasteiger partial charge in [0.1, 0.15) is 11.9 Å². The predicted octanol–water partition coefficient (Wildman–Crippen LogP) is 4.55. The first-order valence-corrected chi connectivity index (χ1v) is 7.00. The molecule has 0 radical (unpaired) electrons. The number of hydrogen-bond donors (Lipinski definition) is 1. The molecule has 0 aliphatic heterocycles. The molecule has 6 heteroatoms. The summed E-state index contributed by atoms with van der Waals surface area (Å²) >= 11 is 3.35. The first kappa shape index (κ1) is 15.9. The molecule has 112 valence electrons. The Morgan fingerprint density at radius 1 is 1.05 bits per heavy atom. The Hall–Kier alpha value is -1.53. The molecule has 1 unspecified atom stereocenters. The molecule has 0 aromatic heterocycles. The number of rotatable bonds is 4. The minimum absolute atomic E-state index is 0.0643. The van der Waals surface area contributed by atoms with Gasteiger partial charge in [0.2, 0.25) is 0 Å². The third-order valence-corrected chi connectivity index (χ3v) is 3.65. The van der Waals surface area contributed by atoms with Crippen molar-refractivity contribution in [1.29, 1.82) is 0 Å². The zero-order chi connectivity index (χ0) is 15.5. The highest BCUT2D eigenvalue weighted by Crippen LogP contribution is 2.38. The van der Waals surface area contributed by atoms with Crippen molar-refractivity contribution in [1.82, 2.24) is 0 Å². The lowest BCUT2D eigenvalue weighted by Gasteiger charge is -2.21. The number of ether oxygens (including phenoxy) is 1. The van der Waals surface area contributed by atoms with E-state index in [1.807, 2.05) is 6.07 Å². The highest BCUT2D eigenvalue weighted by atomic mass is 79.9. The average Bonchev–Trinajstić information content (AvgIpc) is 2.45. The van der Waals surface area contributed by atoms with Crippen LogP contribution in [0, 0.1) is 0 Å². The Morgan fingerprint density at radius 2 is 1.67 bits per heavy atom. The van der Waals surface area contributed by atoms with Crippen LogP contribution in [0.3, 0.4) is 0 Å². The molecule has 2 rings (SSSR count). The summed E-state index contributed by atoms with van der Waals surface area (Å²) in [5, 5.41) is 0. The molecule has 2 aromatic rings. The molecule has 0 spiro atoms. The minimum atomic E-state index is -4.47. The number of hydrogen-bond acceptors (Lipinski definition) is 2. The minimum Gasteiger partial charge on any atom is -0.484 e. The largest absolute Gasteiger partial charge is 0.484 e. The number of alkyl halides is 3. The highest BCUT2D eigenvalue weighted by molar-refractivity contribution is 9.10. The fraction of sp³-hybridized carbons (Fsp3) is 0.200. The molecule has 0 bridgehead atoms. The van der Waals surface area contributed by atoms with Gasteiger partial charge in [-0.05, 0) is 18.2 Å². The lowest BCUT2D eigenvalue weighted by Crippen LogP contribution is -2.20. The lowest BCUT2D eigenvalue weighted by atomic mass is 10.1. The molecule has 2 nitrogen and oxygen atoms in total. The van der Waals surface area contributed by atoms with E-state index < -0.39 is 17.8 Å². The fourth-order valence-corrected chi connectivity index (χ4v) is 2.47. The topological polar surface area (TPSA) is 35.2 Å². The lowest BCUT2D eigenvalue weighted by molar-refractivity contribution is -0.139. The van der Waals surface area contributed by atoms with Gasteiger partial charge in [-0.2, -0.15) is 13.2 Å². The van der Waals surface area contributed by atoms with Gasteiger partial charge in [0, 0.05) is 16.6 Å². The summed E-state index contributed by atoms with van der Waals surface area (Å²) in [6.07, 6.45) is -5.13. The first-order chi connectivity index (χ1) is 9.93. The summed E-state index contributed by atoms with van der Waals surface area (Å²) in [5.74, 6) is -0.226. The third kappa shape index (κ3) is 3.77. The van der Waals surface area contributed by atoms with E-state index in [2.05, 4.69) is 15.9 Å². The molecule has 2 N–H and O–H groups in total. The van der Waals surface area contributed by atoms with Crippen molar-refractivity contribution < 1.29 is 17.9 Å². The fourth-order valence-electron chi connectivity index (χ4n) is 1.93. The molecule has 0 heterocycles. The summed E-state index contributed by atoms with van der Waals surface area (Å²) < 4.78 is 45.1. The Labute approximate surface area is 128 Å². The van der Waals surface area contributed by atoms with Gasteiger partial charge in [-0.3, -0.25) is 0 Å². The van der Waals surface area contributed by atoms with Crippen LogP contribution < -0.4 is 10.5 Å². The third-order valence-electron chi connectivity index (χ3n) is 2.93. The standard InChI is InChI=1S/C15H13BrF3NO/c16-12-7-3-1-5-10(12)14(9-20)21-13-8-4-2-6-11(13)15(17,18)19/h1-8,14H,9,20H2. The van der Waals surface area contributed by atoms with E-state index in [4.69, 9.17) is 10.5 Å². The van der Waals surface area contributed by atoms with E-state index in [9.17, 15) is 13.2 Å². The molecule has 0 aliphatic rings. The summed E-state index contributed by atoms with van der Waals surface area (Å²) in [4.78, 5) is 0. The summed E-state index contributed by atoms with van der Waals surface area (Å²) in [6.45, 7) is 0.0643. The predicted molar refractivity (Wildman–Crippen MR) is 78.0 cm³/mol. The van der Waals surface area contributed by atoms with Crippen LogP contribution in [0.25, 0.3) is 0 Å². The van der Waals surface area contributed by atoms with E-state index in [-0.39, 0.29) is 12.3 Å². The Morgan fingerprint density at radius 3 is 2.29 bits per heavy atom. The average molecular weight is 360 g/mol. The Balaban J connectivity index is 2.34. The number of para-hydroxylation sites is 1. The second-order valence-electron chi connectivity index (χ2n) is 4.36. The molecule has 21 heavy (non-hydrogen) atoms. The van der Waals surface area contributed by atoms with Crippen LogP contribution >= 0.6 is 15.9 Å². The second-order valence-corrected chi connectivity index (χ2v) is 5.21. The molecule has 2 aromatic carbocycles. The molecular weight excluding hydrogens is 347 g/mol. The monoisotopic (exact) mass is 359 g/mol. The van der Waals surface area contributed by atoms with Crippen molar-refractivity contribution in [3.8, 4) is 5.75 Å². The van der Waals surface area contributed by atoms with Crippen LogP contribution in [0.1, 0.15) is 17.2 Å². The van der Waals surface area contributed by atoms with Crippen LogP contribution in [0.4, 0.5) is 13.2 Å². The molecule has 0 fully saturated rings. The van der Waals surface area contributed by atoms with Crippen LogP contribution in [-0.2, 0) is 6.18 Å². The molecule has 0 saturated carbocycles. The number of halogens is 4. The van der Waals surface area contributed by atoms with Crippen molar-refractivity contribution >= 4 is 15.9 Å². The van der Waals surface area contributed by atoms with E-state index >= 15 is 0 Å². The van der Waals surface area contributed by atoms with Gasteiger partial charge in [0.25, 0.3) is 0 Å². The van der Waals surface area contributed by atoms with Gasteiger partial charge in [-0.25, -0.2) is 0 Å². The van der Waals surface area contributed by atoms with Gasteiger partial charge in [-0.15, -0.1) is 0 Å². The van der Waals surface area contributed by atoms with Crippen molar-refractivity contribution in [3.63, 3.8) is 0 Å². The van der Waals surface area contributed by atoms with E-state index in [1.54, 1.807) is 18.2 Å². The molecule has 0 aliphatic carbocycles. The van der Waals surface area contributed by atoms with Crippen LogP contribution in [0.15, 0.2) is 53.0 Å². The second kappa shape index (κ2) is 6.49. The van der Waals surface area contributed by atoms with Crippen LogP contribution in [0.5, 0.6) is 5.75 Å². The quantitative estimate of drug-likeness (QED) is 0.869. The summed E-state index contributed by atoms with van der Waals surface area (Å²) in [5.41, 5.74) is 5.55. The van der Waals surface area contributed by atoms with Crippen LogP contribution in [0.2, 0.25) is 0 Å². The maximum atomic E-state index is 13.0. The highest BCUT2D eigenvalue weighted by Gasteiger charge is 2.34. The van der Waals surface area contributed by atoms with Gasteiger partial charge < -0.3 is 10.5 Å². The van der Waals surface area contributed by atoms with Crippen molar-refractivity contribution in [3.05, 3.63) is 64.1 Å². The maximum Gasteiger partial charge on any atom is 0.419 e. The zero-order valence-corrected chi connectivity index (χ0v) is 12.5. The smallest absolute Gasteiger partial charge is 0.419 e. The van der Waals surface area contributed by atoms with Crippen molar-refractivity contribution in [2.75, 3.05) is 6.54 Å². The first-order valence-electron chi connectivity index (χ1n) is 6.21. The Bertz CT molecular complexity index is 616. The zero-order valence-electron chi connectivity index (χ0n) is 10.9. The summed E-state index contributed by atoms with van der Waals surface area (Å²) in [7, 11) is 0. The SMILES string of the molecule is NCC(Oc1ccccc1C(F)(F)F)c1ccccc1Br. The van der Waals surface area contributed by atoms with Crippen molar-refractivity contribution in [2.45, 2.75) is 12.3 Å². The number of nitrogens with two attached hydrogens (primary N) is 1. The van der Waals surface area contributed by atoms with Gasteiger partial charge in [-0.1, -0.05) is 46.3 Å². The van der Waals surface area contributed by atoms with E-state index in [0.29, 0.717) is 5.56 Å². The Kier molecular flexibility index (Phi) is 4.90. The normalized spacial score (nSPS) is 13.0.